The number of nitrogens with zero attached hydrogens (tertiary/aromatic N) is 3. The zero-order valence-corrected chi connectivity index (χ0v) is 31.1. The first-order chi connectivity index (χ1) is 27.8. The van der Waals surface area contributed by atoms with Gasteiger partial charge < -0.3 is 13.7 Å². The molecule has 0 bridgehead atoms. The first-order valence-electron chi connectivity index (χ1n) is 19.1. The van der Waals surface area contributed by atoms with Gasteiger partial charge in [-0.25, -0.2) is 0 Å². The maximum atomic E-state index is 2.44. The van der Waals surface area contributed by atoms with Crippen LogP contribution in [0.1, 0.15) is 0 Å². The second-order valence-corrected chi connectivity index (χ2v) is 15.6. The van der Waals surface area contributed by atoms with E-state index < -0.39 is 0 Å². The maximum absolute atomic E-state index is 2.44. The zero-order valence-electron chi connectivity index (χ0n) is 30.3. The van der Waals surface area contributed by atoms with Gasteiger partial charge in [0.2, 0.25) is 0 Å². The van der Waals surface area contributed by atoms with Gasteiger partial charge in [0.05, 0.1) is 33.1 Å². The van der Waals surface area contributed by atoms with Crippen LogP contribution < -0.4 is 0 Å². The number of fused-ring (bicyclic) bond motifs is 9. The monoisotopic (exact) mass is 731 g/mol. The smallest absolute Gasteiger partial charge is 0.101 e. The molecule has 56 heavy (non-hydrogen) atoms. The summed E-state index contributed by atoms with van der Waals surface area (Å²) in [5, 5.41) is 8.79. The molecule has 12 rings (SSSR count). The molecule has 4 aromatic heterocycles. The first kappa shape index (κ1) is 31.2. The van der Waals surface area contributed by atoms with Crippen molar-refractivity contribution in [3.8, 4) is 37.9 Å². The van der Waals surface area contributed by atoms with Gasteiger partial charge in [-0.05, 0) is 108 Å². The summed E-state index contributed by atoms with van der Waals surface area (Å²) in [6, 6.07) is 73.1. The molecule has 4 heterocycles. The van der Waals surface area contributed by atoms with Gasteiger partial charge in [0.15, 0.2) is 0 Å². The van der Waals surface area contributed by atoms with Gasteiger partial charge in [-0.15, -0.1) is 11.3 Å². The maximum Gasteiger partial charge on any atom is 0.101 e. The highest BCUT2D eigenvalue weighted by Crippen LogP contribution is 2.42. The van der Waals surface area contributed by atoms with E-state index in [1.165, 1.54) is 103 Å². The van der Waals surface area contributed by atoms with E-state index in [9.17, 15) is 0 Å². The third-order valence-corrected chi connectivity index (χ3v) is 12.6. The number of hydrogen-bond donors (Lipinski definition) is 0. The molecule has 4 heteroatoms. The van der Waals surface area contributed by atoms with Crippen molar-refractivity contribution in [3.05, 3.63) is 200 Å². The van der Waals surface area contributed by atoms with Crippen LogP contribution in [-0.4, -0.2) is 13.7 Å². The molecule has 0 saturated heterocycles. The van der Waals surface area contributed by atoms with Crippen LogP contribution >= 0.6 is 11.3 Å². The molecule has 0 spiro atoms. The Morgan fingerprint density at radius 1 is 0.268 bits per heavy atom. The average molecular weight is 732 g/mol. The van der Waals surface area contributed by atoms with Crippen molar-refractivity contribution in [1.82, 2.24) is 13.7 Å². The fourth-order valence-corrected chi connectivity index (χ4v) is 10.0. The van der Waals surface area contributed by atoms with E-state index in [-0.39, 0.29) is 0 Å². The summed E-state index contributed by atoms with van der Waals surface area (Å²) in [5.41, 5.74) is 13.3. The molecule has 0 aliphatic carbocycles. The minimum atomic E-state index is 1.17. The van der Waals surface area contributed by atoms with E-state index in [1.54, 1.807) is 0 Å². The molecule has 0 radical (unpaired) electrons. The van der Waals surface area contributed by atoms with Gasteiger partial charge in [-0.1, -0.05) is 109 Å². The predicted octanol–water partition coefficient (Wildman–Crippen LogP) is 14.4. The average Bonchev–Trinajstić information content (AvgIpc) is 4.04. The Labute approximate surface area is 327 Å². The van der Waals surface area contributed by atoms with Crippen LogP contribution in [0.15, 0.2) is 200 Å². The Bertz CT molecular complexity index is 3470. The van der Waals surface area contributed by atoms with Crippen molar-refractivity contribution >= 4 is 76.8 Å². The molecular formula is C52H33N3S. The van der Waals surface area contributed by atoms with E-state index in [0.717, 1.165) is 0 Å². The quantitative estimate of drug-likeness (QED) is 0.167. The molecule has 0 aliphatic rings. The standard InChI is InChI=1S/C52H33N3S/c1-3-13-37(14-4-1)53-45-20-10-7-17-39(45)42-31-34(23-26-48(42)53)35-24-27-50-43(32-35)41-19-9-12-22-47(41)55(50)52-30-29-51(56-52)36-25-28-49-44(33-36)40-18-8-11-21-46(40)54(49)38-15-5-2-6-16-38/h1-33H. The van der Waals surface area contributed by atoms with Crippen LogP contribution in [0.25, 0.3) is 103 Å². The second-order valence-electron chi connectivity index (χ2n) is 14.6. The Balaban J connectivity index is 0.973. The number of hydrogen-bond acceptors (Lipinski definition) is 1. The number of benzene rings is 8. The molecular weight excluding hydrogens is 699 g/mol. The molecule has 0 atom stereocenters. The fraction of sp³-hybridized carbons (Fsp3) is 0. The minimum absolute atomic E-state index is 1.17. The molecule has 0 aliphatic heterocycles. The Hall–Kier alpha value is -7.14. The lowest BCUT2D eigenvalue weighted by Gasteiger charge is -2.08. The number of rotatable bonds is 5. The van der Waals surface area contributed by atoms with Crippen LogP contribution in [0, 0.1) is 0 Å². The zero-order chi connectivity index (χ0) is 36.7. The normalized spacial score (nSPS) is 11.9. The third-order valence-electron chi connectivity index (χ3n) is 11.5. The summed E-state index contributed by atoms with van der Waals surface area (Å²) < 4.78 is 7.20. The van der Waals surface area contributed by atoms with E-state index in [4.69, 9.17) is 0 Å². The third kappa shape index (κ3) is 4.63. The van der Waals surface area contributed by atoms with E-state index in [2.05, 4.69) is 214 Å². The van der Waals surface area contributed by atoms with E-state index >= 15 is 0 Å². The van der Waals surface area contributed by atoms with Crippen LogP contribution in [0.2, 0.25) is 0 Å². The Morgan fingerprint density at radius 3 is 1.14 bits per heavy atom. The van der Waals surface area contributed by atoms with Crippen molar-refractivity contribution in [2.24, 2.45) is 0 Å². The minimum Gasteiger partial charge on any atom is -0.309 e. The van der Waals surface area contributed by atoms with Crippen molar-refractivity contribution < 1.29 is 0 Å². The first-order valence-corrected chi connectivity index (χ1v) is 19.9. The van der Waals surface area contributed by atoms with Crippen LogP contribution in [-0.2, 0) is 0 Å². The van der Waals surface area contributed by atoms with E-state index in [0.29, 0.717) is 0 Å². The van der Waals surface area contributed by atoms with Gasteiger partial charge >= 0.3 is 0 Å². The number of para-hydroxylation sites is 5. The summed E-state index contributed by atoms with van der Waals surface area (Å²) >= 11 is 1.85. The highest BCUT2D eigenvalue weighted by molar-refractivity contribution is 7.18. The van der Waals surface area contributed by atoms with Gasteiger partial charge in [0, 0.05) is 48.6 Å². The Morgan fingerprint density at radius 2 is 0.643 bits per heavy atom. The number of aromatic nitrogens is 3. The van der Waals surface area contributed by atoms with Gasteiger partial charge in [0.1, 0.15) is 5.00 Å². The molecule has 0 unspecified atom stereocenters. The summed E-state index contributed by atoms with van der Waals surface area (Å²) in [6.07, 6.45) is 0. The summed E-state index contributed by atoms with van der Waals surface area (Å²) in [5.74, 6) is 0. The van der Waals surface area contributed by atoms with Gasteiger partial charge in [0.25, 0.3) is 0 Å². The topological polar surface area (TPSA) is 14.8 Å². The SMILES string of the molecule is c1ccc(-n2c3ccccc3c3cc(-c4ccc5c(c4)c4ccccc4n5-c4ccc(-c5ccc6c(c5)c5ccccc5n6-c5ccccc5)s4)ccc32)cc1. The van der Waals surface area contributed by atoms with Crippen molar-refractivity contribution in [2.75, 3.05) is 0 Å². The van der Waals surface area contributed by atoms with Crippen LogP contribution in [0.3, 0.4) is 0 Å². The molecule has 0 fully saturated rings. The van der Waals surface area contributed by atoms with Crippen LogP contribution in [0.5, 0.6) is 0 Å². The van der Waals surface area contributed by atoms with Gasteiger partial charge in [-0.2, -0.15) is 0 Å². The number of thiophene rings is 1. The lowest BCUT2D eigenvalue weighted by Crippen LogP contribution is -1.92. The summed E-state index contributed by atoms with van der Waals surface area (Å²) in [4.78, 5) is 1.25. The van der Waals surface area contributed by atoms with Crippen molar-refractivity contribution in [2.45, 2.75) is 0 Å². The van der Waals surface area contributed by atoms with E-state index in [1.807, 2.05) is 11.3 Å². The fourth-order valence-electron chi connectivity index (χ4n) is 8.98. The highest BCUT2D eigenvalue weighted by atomic mass is 32.1. The largest absolute Gasteiger partial charge is 0.309 e. The second kappa shape index (κ2) is 12.2. The van der Waals surface area contributed by atoms with Crippen molar-refractivity contribution in [1.29, 1.82) is 0 Å². The molecule has 12 aromatic rings. The summed E-state index contributed by atoms with van der Waals surface area (Å²) in [7, 11) is 0. The summed E-state index contributed by atoms with van der Waals surface area (Å²) in [6.45, 7) is 0. The lowest BCUT2D eigenvalue weighted by molar-refractivity contribution is 1.18. The lowest BCUT2D eigenvalue weighted by atomic mass is 10.0. The molecule has 3 nitrogen and oxygen atoms in total. The predicted molar refractivity (Wildman–Crippen MR) is 238 cm³/mol. The molecule has 0 N–H and O–H groups in total. The Kier molecular flexibility index (Phi) is 6.80. The molecule has 8 aromatic carbocycles. The molecule has 262 valence electrons. The van der Waals surface area contributed by atoms with Gasteiger partial charge in [-0.3, -0.25) is 0 Å². The van der Waals surface area contributed by atoms with Crippen LogP contribution in [0.4, 0.5) is 0 Å². The molecule has 0 saturated carbocycles. The van der Waals surface area contributed by atoms with Crippen molar-refractivity contribution in [3.63, 3.8) is 0 Å². The molecule has 0 amide bonds. The highest BCUT2D eigenvalue weighted by Gasteiger charge is 2.18.